The Labute approximate surface area is 170 Å². The fourth-order valence-corrected chi connectivity index (χ4v) is 8.52. The quantitative estimate of drug-likeness (QED) is 0.347. The zero-order valence-electron chi connectivity index (χ0n) is 14.4. The number of hydrogen-bond acceptors (Lipinski definition) is 0. The molecule has 132 valence electrons. The predicted molar refractivity (Wildman–Crippen MR) is 113 cm³/mol. The van der Waals surface area contributed by atoms with Crippen molar-refractivity contribution in [1.82, 2.24) is 0 Å². The minimum absolute atomic E-state index is 0. The van der Waals surface area contributed by atoms with Crippen LogP contribution in [0.2, 0.25) is 0 Å². The van der Waals surface area contributed by atoms with Gasteiger partial charge in [0.25, 0.3) is 0 Å². The summed E-state index contributed by atoms with van der Waals surface area (Å²) in [6.45, 7) is 0. The maximum atomic E-state index is 2.29. The average molecular weight is 535 g/mol. The van der Waals surface area contributed by atoms with Crippen LogP contribution in [0.25, 0.3) is 0 Å². The van der Waals surface area contributed by atoms with Gasteiger partial charge in [0.05, 0.1) is 0 Å². The van der Waals surface area contributed by atoms with E-state index in [0.717, 1.165) is 0 Å². The second-order valence-electron chi connectivity index (χ2n) is 6.21. The molecule has 26 heavy (non-hydrogen) atoms. The van der Waals surface area contributed by atoms with Crippen LogP contribution in [-0.4, -0.2) is 0 Å². The molecule has 0 aromatic heterocycles. The SMILES string of the molecule is [Pt].c1ccc([PH](c2ccccc2)(c2ccccc2)c2ccccc2)cc1. The molecule has 0 heterocycles. The molecule has 0 aliphatic rings. The Morgan fingerprint density at radius 2 is 0.500 bits per heavy atom. The van der Waals surface area contributed by atoms with Gasteiger partial charge in [0.1, 0.15) is 0 Å². The second-order valence-corrected chi connectivity index (χ2v) is 10.0. The molecular formula is C24H21PPt. The van der Waals surface area contributed by atoms with Crippen molar-refractivity contribution in [3.8, 4) is 0 Å². The van der Waals surface area contributed by atoms with Crippen molar-refractivity contribution in [2.45, 2.75) is 0 Å². The summed E-state index contributed by atoms with van der Waals surface area (Å²) in [6, 6.07) is 44.0. The molecule has 0 atom stereocenters. The van der Waals surface area contributed by atoms with Crippen LogP contribution in [0, 0.1) is 0 Å². The van der Waals surface area contributed by atoms with Crippen LogP contribution in [-0.2, 0) is 21.1 Å². The monoisotopic (exact) mass is 535 g/mol. The Morgan fingerprint density at radius 1 is 0.308 bits per heavy atom. The molecule has 0 aliphatic carbocycles. The van der Waals surface area contributed by atoms with Gasteiger partial charge >= 0.3 is 150 Å². The third-order valence-electron chi connectivity index (χ3n) is 4.83. The van der Waals surface area contributed by atoms with E-state index < -0.39 is 7.26 Å². The first-order chi connectivity index (χ1) is 12.4. The summed E-state index contributed by atoms with van der Waals surface area (Å²) in [5.74, 6) is 0. The van der Waals surface area contributed by atoms with Crippen molar-refractivity contribution in [3.05, 3.63) is 121 Å². The van der Waals surface area contributed by atoms with Gasteiger partial charge in [-0.05, 0) is 0 Å². The van der Waals surface area contributed by atoms with Crippen molar-refractivity contribution in [2.75, 3.05) is 0 Å². The van der Waals surface area contributed by atoms with Crippen LogP contribution in [0.1, 0.15) is 0 Å². The van der Waals surface area contributed by atoms with Gasteiger partial charge in [-0.1, -0.05) is 0 Å². The Kier molecular flexibility index (Phi) is 6.20. The van der Waals surface area contributed by atoms with E-state index in [1.165, 1.54) is 21.2 Å². The summed E-state index contributed by atoms with van der Waals surface area (Å²) in [5, 5.41) is 5.66. The molecule has 0 radical (unpaired) electrons. The fourth-order valence-electron chi connectivity index (χ4n) is 3.75. The van der Waals surface area contributed by atoms with Gasteiger partial charge in [-0.2, -0.15) is 0 Å². The normalized spacial score (nSPS) is 11.4. The first-order valence-electron chi connectivity index (χ1n) is 8.64. The molecule has 4 rings (SSSR count). The van der Waals surface area contributed by atoms with E-state index in [4.69, 9.17) is 0 Å². The Balaban J connectivity index is 0.00000196. The van der Waals surface area contributed by atoms with Crippen LogP contribution in [0.4, 0.5) is 0 Å². The summed E-state index contributed by atoms with van der Waals surface area (Å²) >= 11 is 0. The summed E-state index contributed by atoms with van der Waals surface area (Å²) in [4.78, 5) is 0. The topological polar surface area (TPSA) is 0 Å². The van der Waals surface area contributed by atoms with Gasteiger partial charge in [-0.15, -0.1) is 0 Å². The Bertz CT molecular complexity index is 759. The molecule has 2 heteroatoms. The fraction of sp³-hybridized carbons (Fsp3) is 0. The van der Waals surface area contributed by atoms with Crippen molar-refractivity contribution in [1.29, 1.82) is 0 Å². The van der Waals surface area contributed by atoms with E-state index in [-0.39, 0.29) is 21.1 Å². The van der Waals surface area contributed by atoms with Gasteiger partial charge < -0.3 is 0 Å². The number of rotatable bonds is 4. The molecule has 0 saturated heterocycles. The average Bonchev–Trinajstić information content (AvgIpc) is 2.72. The van der Waals surface area contributed by atoms with Gasteiger partial charge in [0, 0.05) is 21.1 Å². The van der Waals surface area contributed by atoms with E-state index in [1.54, 1.807) is 0 Å². The minimum atomic E-state index is -2.30. The summed E-state index contributed by atoms with van der Waals surface area (Å²) < 4.78 is 0. The van der Waals surface area contributed by atoms with Gasteiger partial charge in [0.2, 0.25) is 0 Å². The van der Waals surface area contributed by atoms with Crippen LogP contribution >= 0.6 is 7.26 Å². The molecule has 4 aromatic carbocycles. The zero-order valence-corrected chi connectivity index (χ0v) is 17.6. The van der Waals surface area contributed by atoms with Gasteiger partial charge in [-0.25, -0.2) is 0 Å². The molecule has 0 bridgehead atoms. The summed E-state index contributed by atoms with van der Waals surface area (Å²) in [7, 11) is -2.30. The predicted octanol–water partition coefficient (Wildman–Crippen LogP) is 4.04. The summed E-state index contributed by atoms with van der Waals surface area (Å²) in [5.41, 5.74) is 0. The van der Waals surface area contributed by atoms with Gasteiger partial charge in [-0.3, -0.25) is 0 Å². The molecule has 0 amide bonds. The molecule has 0 saturated carbocycles. The van der Waals surface area contributed by atoms with Crippen molar-refractivity contribution < 1.29 is 21.1 Å². The van der Waals surface area contributed by atoms with Gasteiger partial charge in [0.15, 0.2) is 0 Å². The van der Waals surface area contributed by atoms with E-state index in [9.17, 15) is 0 Å². The first-order valence-corrected chi connectivity index (χ1v) is 10.6. The second kappa shape index (κ2) is 8.59. The molecule has 0 spiro atoms. The molecular weight excluding hydrogens is 514 g/mol. The first kappa shape index (κ1) is 18.8. The Hall–Kier alpha value is -2.00. The van der Waals surface area contributed by atoms with Crippen molar-refractivity contribution in [3.63, 3.8) is 0 Å². The molecule has 0 fully saturated rings. The third kappa shape index (κ3) is 3.33. The zero-order chi connectivity index (χ0) is 17.0. The molecule has 0 unspecified atom stereocenters. The van der Waals surface area contributed by atoms with Crippen molar-refractivity contribution >= 4 is 28.5 Å². The maximum absolute atomic E-state index is 2.30. The van der Waals surface area contributed by atoms with E-state index in [0.29, 0.717) is 0 Å². The van der Waals surface area contributed by atoms with Crippen molar-refractivity contribution in [2.24, 2.45) is 0 Å². The van der Waals surface area contributed by atoms with Crippen LogP contribution < -0.4 is 21.2 Å². The van der Waals surface area contributed by atoms with Crippen LogP contribution in [0.15, 0.2) is 121 Å². The Morgan fingerprint density at radius 3 is 0.692 bits per heavy atom. The van der Waals surface area contributed by atoms with E-state index >= 15 is 0 Å². The number of benzene rings is 4. The molecule has 0 aliphatic heterocycles. The molecule has 4 aromatic rings. The van der Waals surface area contributed by atoms with E-state index in [1.807, 2.05) is 0 Å². The number of hydrogen-bond donors (Lipinski definition) is 0. The summed E-state index contributed by atoms with van der Waals surface area (Å²) in [6.07, 6.45) is 0. The molecule has 0 N–H and O–H groups in total. The molecule has 0 nitrogen and oxygen atoms in total. The standard InChI is InChI=1S/C24H21P.Pt/c1-5-13-21(14-6-1)25(22-15-7-2-8-16-22,23-17-9-3-10-18-23)24-19-11-4-12-20-24;/h1-20,25H;. The van der Waals surface area contributed by atoms with Crippen LogP contribution in [0.3, 0.4) is 0 Å². The van der Waals surface area contributed by atoms with E-state index in [2.05, 4.69) is 121 Å². The van der Waals surface area contributed by atoms with Crippen LogP contribution in [0.5, 0.6) is 0 Å². The third-order valence-corrected chi connectivity index (χ3v) is 9.62.